The largest absolute Gasteiger partial charge is 0.481 e. The van der Waals surface area contributed by atoms with E-state index in [-0.39, 0.29) is 30.0 Å². The van der Waals surface area contributed by atoms with Gasteiger partial charge in [0.05, 0.1) is 10.5 Å². The number of esters is 1. The number of nitro groups is 1. The number of carbonyl (C=O) groups excluding carboxylic acids is 2. The number of rotatable bonds is 7. The fourth-order valence-electron chi connectivity index (χ4n) is 2.37. The molecular formula is C18H18N2O6. The number of primary amides is 1. The first-order chi connectivity index (χ1) is 12.3. The monoisotopic (exact) mass is 358 g/mol. The number of para-hydroxylation sites is 1. The number of nitro benzene ring substituents is 1. The minimum atomic E-state index is -0.779. The Kier molecular flexibility index (Phi) is 5.90. The van der Waals surface area contributed by atoms with E-state index >= 15 is 0 Å². The average Bonchev–Trinajstić information content (AvgIpc) is 2.59. The Morgan fingerprint density at radius 2 is 1.81 bits per heavy atom. The molecule has 0 heterocycles. The van der Waals surface area contributed by atoms with Crippen molar-refractivity contribution in [3.63, 3.8) is 0 Å². The molecule has 0 fully saturated rings. The Bertz CT molecular complexity index is 843. The molecule has 0 aromatic heterocycles. The smallest absolute Gasteiger partial charge is 0.344 e. The highest BCUT2D eigenvalue weighted by atomic mass is 16.6. The molecule has 0 radical (unpaired) electrons. The van der Waals surface area contributed by atoms with Crippen LogP contribution in [0.3, 0.4) is 0 Å². The molecular weight excluding hydrogens is 340 g/mol. The highest BCUT2D eigenvalue weighted by molar-refractivity contribution is 5.93. The van der Waals surface area contributed by atoms with Crippen molar-refractivity contribution in [3.05, 3.63) is 68.8 Å². The van der Waals surface area contributed by atoms with E-state index in [2.05, 4.69) is 0 Å². The van der Waals surface area contributed by atoms with Crippen molar-refractivity contribution in [1.29, 1.82) is 0 Å². The zero-order valence-electron chi connectivity index (χ0n) is 14.4. The van der Waals surface area contributed by atoms with E-state index in [9.17, 15) is 19.7 Å². The van der Waals surface area contributed by atoms with Crippen LogP contribution in [0.25, 0.3) is 0 Å². The van der Waals surface area contributed by atoms with Gasteiger partial charge in [0.1, 0.15) is 12.4 Å². The molecule has 0 atom stereocenters. The molecule has 2 N–H and O–H groups in total. The van der Waals surface area contributed by atoms with Gasteiger partial charge >= 0.3 is 5.97 Å². The van der Waals surface area contributed by atoms with Crippen molar-refractivity contribution in [2.45, 2.75) is 20.5 Å². The van der Waals surface area contributed by atoms with Gasteiger partial charge in [0, 0.05) is 11.6 Å². The van der Waals surface area contributed by atoms with E-state index in [1.165, 1.54) is 12.1 Å². The predicted octanol–water partition coefficient (Wildman–Crippen LogP) is 2.43. The van der Waals surface area contributed by atoms with Crippen LogP contribution in [0.5, 0.6) is 5.75 Å². The minimum Gasteiger partial charge on any atom is -0.481 e. The fourth-order valence-corrected chi connectivity index (χ4v) is 2.37. The van der Waals surface area contributed by atoms with Gasteiger partial charge in [-0.2, -0.15) is 0 Å². The van der Waals surface area contributed by atoms with E-state index in [1.807, 2.05) is 32.0 Å². The quantitative estimate of drug-likeness (QED) is 0.461. The second-order valence-electron chi connectivity index (χ2n) is 5.64. The van der Waals surface area contributed by atoms with Gasteiger partial charge in [0.25, 0.3) is 5.69 Å². The third-order valence-corrected chi connectivity index (χ3v) is 3.70. The van der Waals surface area contributed by atoms with Crippen LogP contribution in [0, 0.1) is 24.0 Å². The lowest BCUT2D eigenvalue weighted by atomic mass is 10.1. The minimum absolute atomic E-state index is 0.00476. The van der Waals surface area contributed by atoms with E-state index in [1.54, 1.807) is 0 Å². The van der Waals surface area contributed by atoms with Gasteiger partial charge in [-0.3, -0.25) is 14.9 Å². The van der Waals surface area contributed by atoms with E-state index in [0.717, 1.165) is 17.2 Å². The van der Waals surface area contributed by atoms with Crippen LogP contribution in [-0.4, -0.2) is 23.4 Å². The summed E-state index contributed by atoms with van der Waals surface area (Å²) in [5, 5.41) is 11.1. The van der Waals surface area contributed by atoms with Gasteiger partial charge in [-0.15, -0.1) is 0 Å². The van der Waals surface area contributed by atoms with Crippen LogP contribution in [0.1, 0.15) is 27.0 Å². The number of amides is 1. The zero-order chi connectivity index (χ0) is 19.3. The summed E-state index contributed by atoms with van der Waals surface area (Å²) in [4.78, 5) is 33.5. The van der Waals surface area contributed by atoms with Crippen molar-refractivity contribution in [2.75, 3.05) is 6.61 Å². The van der Waals surface area contributed by atoms with Crippen molar-refractivity contribution in [2.24, 2.45) is 5.73 Å². The number of hydrogen-bond donors (Lipinski definition) is 1. The standard InChI is InChI=1S/C18H18N2O6/c1-11-4-3-5-12(2)17(11)26-10-16(21)25-9-14-7-6-13(18(19)22)8-15(14)20(23)24/h3-8H,9-10H2,1-2H3,(H2,19,22). The number of hydrogen-bond acceptors (Lipinski definition) is 6. The van der Waals surface area contributed by atoms with E-state index in [0.29, 0.717) is 5.75 Å². The van der Waals surface area contributed by atoms with Crippen LogP contribution < -0.4 is 10.5 Å². The molecule has 8 heteroatoms. The van der Waals surface area contributed by atoms with Gasteiger partial charge in [0.2, 0.25) is 5.91 Å². The third kappa shape index (κ3) is 4.56. The maximum atomic E-state index is 11.9. The molecule has 0 aliphatic heterocycles. The van der Waals surface area contributed by atoms with Gasteiger partial charge in [-0.1, -0.05) is 18.2 Å². The molecule has 2 rings (SSSR count). The Morgan fingerprint density at radius 1 is 1.15 bits per heavy atom. The molecule has 0 spiro atoms. The normalized spacial score (nSPS) is 10.2. The highest BCUT2D eigenvalue weighted by Crippen LogP contribution is 2.23. The molecule has 0 aliphatic rings. The molecule has 1 amide bonds. The summed E-state index contributed by atoms with van der Waals surface area (Å²) >= 11 is 0. The Balaban J connectivity index is 2.01. The highest BCUT2D eigenvalue weighted by Gasteiger charge is 2.18. The van der Waals surface area contributed by atoms with Gasteiger partial charge < -0.3 is 15.2 Å². The summed E-state index contributed by atoms with van der Waals surface area (Å²) in [6.07, 6.45) is 0. The number of benzene rings is 2. The molecule has 0 aliphatic carbocycles. The maximum absolute atomic E-state index is 11.9. The number of carbonyl (C=O) groups is 2. The summed E-state index contributed by atoms with van der Waals surface area (Å²) in [6.45, 7) is 3.08. The molecule has 0 saturated heterocycles. The Morgan fingerprint density at radius 3 is 2.38 bits per heavy atom. The third-order valence-electron chi connectivity index (χ3n) is 3.70. The Labute approximate surface area is 149 Å². The first-order valence-corrected chi connectivity index (χ1v) is 7.71. The topological polar surface area (TPSA) is 122 Å². The van der Waals surface area contributed by atoms with Crippen molar-refractivity contribution >= 4 is 17.6 Å². The van der Waals surface area contributed by atoms with E-state index in [4.69, 9.17) is 15.2 Å². The summed E-state index contributed by atoms with van der Waals surface area (Å²) in [7, 11) is 0. The van der Waals surface area contributed by atoms with Crippen molar-refractivity contribution in [3.8, 4) is 5.75 Å². The second-order valence-corrected chi connectivity index (χ2v) is 5.64. The number of aryl methyl sites for hydroxylation is 2. The van der Waals surface area contributed by atoms with Crippen molar-refractivity contribution < 1.29 is 24.0 Å². The van der Waals surface area contributed by atoms with Gasteiger partial charge in [-0.25, -0.2) is 4.79 Å². The number of ether oxygens (including phenoxy) is 2. The summed E-state index contributed by atoms with van der Waals surface area (Å²) < 4.78 is 10.5. The van der Waals surface area contributed by atoms with Crippen LogP contribution >= 0.6 is 0 Å². The summed E-state index contributed by atoms with van der Waals surface area (Å²) in [5.41, 5.74) is 6.70. The molecule has 0 unspecified atom stereocenters. The maximum Gasteiger partial charge on any atom is 0.344 e. The fraction of sp³-hybridized carbons (Fsp3) is 0.222. The molecule has 136 valence electrons. The molecule has 26 heavy (non-hydrogen) atoms. The lowest BCUT2D eigenvalue weighted by molar-refractivity contribution is -0.385. The van der Waals surface area contributed by atoms with Crippen LogP contribution in [0.4, 0.5) is 5.69 Å². The predicted molar refractivity (Wildman–Crippen MR) is 92.8 cm³/mol. The lowest BCUT2D eigenvalue weighted by Crippen LogP contribution is -2.16. The lowest BCUT2D eigenvalue weighted by Gasteiger charge is -2.11. The van der Waals surface area contributed by atoms with Crippen LogP contribution in [0.2, 0.25) is 0 Å². The number of nitrogens with two attached hydrogens (primary N) is 1. The van der Waals surface area contributed by atoms with Crippen LogP contribution in [-0.2, 0) is 16.1 Å². The summed E-state index contributed by atoms with van der Waals surface area (Å²) in [6, 6.07) is 9.32. The SMILES string of the molecule is Cc1cccc(C)c1OCC(=O)OCc1ccc(C(N)=O)cc1[N+](=O)[O-]. The Hall–Kier alpha value is -3.42. The zero-order valence-corrected chi connectivity index (χ0v) is 14.4. The number of nitrogens with zero attached hydrogens (tertiary/aromatic N) is 1. The van der Waals surface area contributed by atoms with Gasteiger partial charge in [0.15, 0.2) is 6.61 Å². The van der Waals surface area contributed by atoms with E-state index < -0.39 is 16.8 Å². The molecule has 2 aromatic carbocycles. The molecule has 2 aromatic rings. The second kappa shape index (κ2) is 8.11. The molecule has 0 bridgehead atoms. The molecule has 8 nitrogen and oxygen atoms in total. The first kappa shape index (κ1) is 18.9. The average molecular weight is 358 g/mol. The van der Waals surface area contributed by atoms with Crippen molar-refractivity contribution in [1.82, 2.24) is 0 Å². The van der Waals surface area contributed by atoms with Crippen LogP contribution in [0.15, 0.2) is 36.4 Å². The molecule has 0 saturated carbocycles. The van der Waals surface area contributed by atoms with Gasteiger partial charge in [-0.05, 0) is 37.1 Å². The summed E-state index contributed by atoms with van der Waals surface area (Å²) in [5.74, 6) is -0.846. The first-order valence-electron chi connectivity index (χ1n) is 7.71.